The van der Waals surface area contributed by atoms with Crippen molar-refractivity contribution in [1.29, 1.82) is 0 Å². The van der Waals surface area contributed by atoms with Gasteiger partial charge in [-0.05, 0) is 50.6 Å². The molecule has 6 nitrogen and oxygen atoms in total. The predicted molar refractivity (Wildman–Crippen MR) is 105 cm³/mol. The van der Waals surface area contributed by atoms with Crippen molar-refractivity contribution in [3.63, 3.8) is 0 Å². The summed E-state index contributed by atoms with van der Waals surface area (Å²) in [7, 11) is -4.11. The second kappa shape index (κ2) is 9.15. The number of aliphatic hydroxyl groups excluding tert-OH is 1. The number of aliphatic hydroxyl groups is 1. The van der Waals surface area contributed by atoms with E-state index in [0.717, 1.165) is 17.7 Å². The van der Waals surface area contributed by atoms with Crippen molar-refractivity contribution in [1.82, 2.24) is 10.0 Å². The highest BCUT2D eigenvalue weighted by Crippen LogP contribution is 2.30. The quantitative estimate of drug-likeness (QED) is 0.612. The summed E-state index contributed by atoms with van der Waals surface area (Å²) in [6.45, 7) is 4.48. The lowest BCUT2D eigenvalue weighted by atomic mass is 10.0. The minimum Gasteiger partial charge on any atom is -0.391 e. The molecule has 0 fully saturated rings. The Morgan fingerprint density at radius 1 is 1.07 bits per heavy atom. The number of aryl methyl sites for hydroxylation is 1. The van der Waals surface area contributed by atoms with E-state index >= 15 is 0 Å². The minimum absolute atomic E-state index is 0.0857. The molecule has 3 N–H and O–H groups in total. The molecule has 2 aromatic rings. The second-order valence-corrected chi connectivity index (χ2v) is 8.72. The zero-order chi connectivity index (χ0) is 22.7. The number of hydrogen-bond acceptors (Lipinski definition) is 4. The molecule has 0 heterocycles. The molecule has 3 atom stereocenters. The van der Waals surface area contributed by atoms with Crippen LogP contribution in [0.5, 0.6) is 0 Å². The first-order chi connectivity index (χ1) is 13.8. The van der Waals surface area contributed by atoms with Gasteiger partial charge in [0.25, 0.3) is 0 Å². The molecule has 2 rings (SSSR count). The van der Waals surface area contributed by atoms with Crippen LogP contribution in [0.15, 0.2) is 53.4 Å². The van der Waals surface area contributed by atoms with Crippen LogP contribution in [0, 0.1) is 6.92 Å². The predicted octanol–water partition coefficient (Wildman–Crippen LogP) is 2.92. The maximum atomic E-state index is 12.9. The van der Waals surface area contributed by atoms with Crippen LogP contribution in [-0.2, 0) is 21.0 Å². The average molecular weight is 444 g/mol. The van der Waals surface area contributed by atoms with Gasteiger partial charge in [-0.15, -0.1) is 0 Å². The Kier molecular flexibility index (Phi) is 7.27. The summed E-state index contributed by atoms with van der Waals surface area (Å²) in [6.07, 6.45) is -5.93. The lowest BCUT2D eigenvalue weighted by molar-refractivity contribution is -0.137. The summed E-state index contributed by atoms with van der Waals surface area (Å²) in [5, 5.41) is 12.4. The molecule has 0 radical (unpaired) electrons. The van der Waals surface area contributed by atoms with Crippen molar-refractivity contribution in [2.75, 3.05) is 0 Å². The van der Waals surface area contributed by atoms with Crippen molar-refractivity contribution in [2.45, 2.75) is 50.0 Å². The van der Waals surface area contributed by atoms with Gasteiger partial charge in [0.2, 0.25) is 15.9 Å². The summed E-state index contributed by atoms with van der Waals surface area (Å²) in [4.78, 5) is 12.5. The third-order valence-corrected chi connectivity index (χ3v) is 5.91. The number of halogens is 3. The van der Waals surface area contributed by atoms with Crippen LogP contribution in [0.2, 0.25) is 0 Å². The number of nitrogens with one attached hydrogen (secondary N) is 2. The molecule has 2 aromatic carbocycles. The SMILES string of the molecule is Cc1ccc(S(=O)(=O)NC(C(=O)NC(C)c2cccc(C(F)(F)F)c2)C(C)O)cc1. The molecule has 10 heteroatoms. The van der Waals surface area contributed by atoms with Crippen molar-refractivity contribution in [2.24, 2.45) is 0 Å². The summed E-state index contributed by atoms with van der Waals surface area (Å²) < 4.78 is 66.0. The number of amides is 1. The van der Waals surface area contributed by atoms with Crippen molar-refractivity contribution >= 4 is 15.9 Å². The van der Waals surface area contributed by atoms with Crippen LogP contribution in [0.3, 0.4) is 0 Å². The van der Waals surface area contributed by atoms with Crippen LogP contribution >= 0.6 is 0 Å². The molecular weight excluding hydrogens is 421 g/mol. The molecule has 0 saturated heterocycles. The van der Waals surface area contributed by atoms with Gasteiger partial charge in [0, 0.05) is 0 Å². The zero-order valence-corrected chi connectivity index (χ0v) is 17.4. The van der Waals surface area contributed by atoms with Gasteiger partial charge in [-0.3, -0.25) is 4.79 Å². The summed E-state index contributed by atoms with van der Waals surface area (Å²) in [6, 6.07) is 7.93. The standard InChI is InChI=1S/C20H23F3N2O4S/c1-12-7-9-17(10-8-12)30(28,29)25-18(14(3)26)19(27)24-13(2)15-5-4-6-16(11-15)20(21,22)23/h4-11,13-14,18,25-26H,1-3H3,(H,24,27). The number of sulfonamides is 1. The Labute approximate surface area is 173 Å². The molecule has 30 heavy (non-hydrogen) atoms. The van der Waals surface area contributed by atoms with Crippen LogP contribution in [0.1, 0.15) is 36.6 Å². The Bertz CT molecular complexity index is 990. The van der Waals surface area contributed by atoms with Crippen molar-refractivity contribution in [3.05, 3.63) is 65.2 Å². The van der Waals surface area contributed by atoms with Gasteiger partial charge >= 0.3 is 6.18 Å². The molecule has 0 aliphatic carbocycles. The molecule has 0 aliphatic rings. The fourth-order valence-electron chi connectivity index (χ4n) is 2.69. The van der Waals surface area contributed by atoms with Crippen molar-refractivity contribution in [3.8, 4) is 0 Å². The fraction of sp³-hybridized carbons (Fsp3) is 0.350. The molecule has 0 saturated carbocycles. The lowest BCUT2D eigenvalue weighted by Gasteiger charge is -2.24. The monoisotopic (exact) mass is 444 g/mol. The normalized spacial score (nSPS) is 15.3. The smallest absolute Gasteiger partial charge is 0.391 e. The van der Waals surface area contributed by atoms with Gasteiger partial charge < -0.3 is 10.4 Å². The second-order valence-electron chi connectivity index (χ2n) is 7.01. The molecular formula is C20H23F3N2O4S. The number of alkyl halides is 3. The Morgan fingerprint density at radius 2 is 1.67 bits per heavy atom. The first-order valence-electron chi connectivity index (χ1n) is 9.06. The van der Waals surface area contributed by atoms with E-state index in [0.29, 0.717) is 0 Å². The third-order valence-electron chi connectivity index (χ3n) is 4.45. The molecule has 0 bridgehead atoms. The van der Waals surface area contributed by atoms with Crippen LogP contribution < -0.4 is 10.0 Å². The first kappa shape index (κ1) is 23.8. The summed E-state index contributed by atoms with van der Waals surface area (Å²) in [5.74, 6) is -0.870. The number of carbonyl (C=O) groups excluding carboxylic acids is 1. The summed E-state index contributed by atoms with van der Waals surface area (Å²) >= 11 is 0. The van der Waals surface area contributed by atoms with E-state index in [2.05, 4.69) is 10.0 Å². The molecule has 164 valence electrons. The fourth-order valence-corrected chi connectivity index (χ4v) is 3.96. The van der Waals surface area contributed by atoms with Gasteiger partial charge in [-0.2, -0.15) is 17.9 Å². The number of benzene rings is 2. The van der Waals surface area contributed by atoms with Gasteiger partial charge in [0.15, 0.2) is 0 Å². The minimum atomic E-state index is -4.54. The van der Waals surface area contributed by atoms with Crippen molar-refractivity contribution < 1.29 is 31.5 Å². The number of hydrogen-bond donors (Lipinski definition) is 3. The number of carbonyl (C=O) groups is 1. The third kappa shape index (κ3) is 6.04. The molecule has 0 spiro atoms. The van der Waals surface area contributed by atoms with Gasteiger partial charge in [0.05, 0.1) is 22.6 Å². The maximum Gasteiger partial charge on any atom is 0.416 e. The van der Waals surface area contributed by atoms with Crippen LogP contribution in [0.4, 0.5) is 13.2 Å². The molecule has 0 aliphatic heterocycles. The van der Waals surface area contributed by atoms with Gasteiger partial charge in [0.1, 0.15) is 6.04 Å². The van der Waals surface area contributed by atoms with E-state index in [4.69, 9.17) is 0 Å². The lowest BCUT2D eigenvalue weighted by Crippen LogP contribution is -2.52. The summed E-state index contributed by atoms with van der Waals surface area (Å²) in [5.41, 5.74) is 0.158. The van der Waals surface area contributed by atoms with Gasteiger partial charge in [-0.25, -0.2) is 8.42 Å². The first-order valence-corrected chi connectivity index (χ1v) is 10.5. The van der Waals surface area contributed by atoms with Crippen LogP contribution in [0.25, 0.3) is 0 Å². The van der Waals surface area contributed by atoms with E-state index in [1.54, 1.807) is 19.1 Å². The van der Waals surface area contributed by atoms with E-state index in [1.165, 1.54) is 38.1 Å². The zero-order valence-electron chi connectivity index (χ0n) is 16.6. The molecule has 0 aromatic heterocycles. The highest BCUT2D eigenvalue weighted by molar-refractivity contribution is 7.89. The Balaban J connectivity index is 2.18. The maximum absolute atomic E-state index is 12.9. The largest absolute Gasteiger partial charge is 0.416 e. The van der Waals surface area contributed by atoms with Crippen LogP contribution in [-0.4, -0.2) is 31.6 Å². The van der Waals surface area contributed by atoms with E-state index in [1.807, 2.05) is 0 Å². The number of rotatable bonds is 7. The highest BCUT2D eigenvalue weighted by Gasteiger charge is 2.32. The average Bonchev–Trinajstić information content (AvgIpc) is 2.65. The molecule has 1 amide bonds. The van der Waals surface area contributed by atoms with Gasteiger partial charge in [-0.1, -0.05) is 29.8 Å². The Morgan fingerprint density at radius 3 is 2.20 bits per heavy atom. The van der Waals surface area contributed by atoms with E-state index in [9.17, 15) is 31.5 Å². The molecule has 3 unspecified atom stereocenters. The highest BCUT2D eigenvalue weighted by atomic mass is 32.2. The van der Waals surface area contributed by atoms with E-state index in [-0.39, 0.29) is 10.5 Å². The van der Waals surface area contributed by atoms with E-state index < -0.39 is 45.9 Å². The Hall–Kier alpha value is -2.43. The topological polar surface area (TPSA) is 95.5 Å².